The van der Waals surface area contributed by atoms with Crippen molar-refractivity contribution in [3.63, 3.8) is 0 Å². The van der Waals surface area contributed by atoms with Gasteiger partial charge >= 0.3 is 6.18 Å². The minimum absolute atomic E-state index is 0.132. The second-order valence-electron chi connectivity index (χ2n) is 5.19. The van der Waals surface area contributed by atoms with Gasteiger partial charge in [0, 0.05) is 17.9 Å². The number of nitrogens with two attached hydrogens (primary N) is 1. The molecule has 19 heavy (non-hydrogen) atoms. The van der Waals surface area contributed by atoms with E-state index in [2.05, 4.69) is 5.32 Å². The standard InChI is InChI=1S/C14H19F3N2/c15-14(16,17)12-8-11(18)6-7-13(12)19-9-10-4-2-1-3-5-10/h6-8,10,19H,1-5,9,18H2. The lowest BCUT2D eigenvalue weighted by molar-refractivity contribution is -0.136. The van der Waals surface area contributed by atoms with E-state index in [1.807, 2.05) is 0 Å². The van der Waals surface area contributed by atoms with Crippen LogP contribution in [0.2, 0.25) is 0 Å². The molecular weight excluding hydrogens is 253 g/mol. The van der Waals surface area contributed by atoms with Gasteiger partial charge in [0.25, 0.3) is 0 Å². The molecule has 1 aromatic carbocycles. The second kappa shape index (κ2) is 5.72. The first-order valence-corrected chi connectivity index (χ1v) is 6.67. The van der Waals surface area contributed by atoms with Crippen LogP contribution in [0.1, 0.15) is 37.7 Å². The van der Waals surface area contributed by atoms with Gasteiger partial charge in [-0.05, 0) is 37.0 Å². The first-order chi connectivity index (χ1) is 8.97. The van der Waals surface area contributed by atoms with Crippen LogP contribution in [0.5, 0.6) is 0 Å². The number of benzene rings is 1. The molecule has 1 fully saturated rings. The van der Waals surface area contributed by atoms with Crippen molar-refractivity contribution in [2.24, 2.45) is 5.92 Å². The fourth-order valence-corrected chi connectivity index (χ4v) is 2.60. The summed E-state index contributed by atoms with van der Waals surface area (Å²) < 4.78 is 38.7. The lowest BCUT2D eigenvalue weighted by Gasteiger charge is -2.23. The summed E-state index contributed by atoms with van der Waals surface area (Å²) in [5.74, 6) is 0.479. The predicted octanol–water partition coefficient (Wildman–Crippen LogP) is 4.28. The minimum atomic E-state index is -4.37. The van der Waals surface area contributed by atoms with Crippen LogP contribution < -0.4 is 11.1 Å². The van der Waals surface area contributed by atoms with E-state index in [1.54, 1.807) is 0 Å². The molecule has 1 aliphatic carbocycles. The van der Waals surface area contributed by atoms with Gasteiger partial charge in [0.2, 0.25) is 0 Å². The van der Waals surface area contributed by atoms with Crippen LogP contribution in [0.3, 0.4) is 0 Å². The number of alkyl halides is 3. The van der Waals surface area contributed by atoms with Gasteiger partial charge in [-0.25, -0.2) is 0 Å². The highest BCUT2D eigenvalue weighted by Crippen LogP contribution is 2.36. The average molecular weight is 272 g/mol. The summed E-state index contributed by atoms with van der Waals surface area (Å²) in [7, 11) is 0. The van der Waals surface area contributed by atoms with Gasteiger partial charge in [-0.2, -0.15) is 13.2 Å². The van der Waals surface area contributed by atoms with Gasteiger partial charge in [0.05, 0.1) is 5.56 Å². The Balaban J connectivity index is 2.06. The number of hydrogen-bond donors (Lipinski definition) is 2. The summed E-state index contributed by atoms with van der Waals surface area (Å²) in [6.45, 7) is 0.604. The molecule has 0 atom stereocenters. The molecule has 0 amide bonds. The molecule has 0 saturated heterocycles. The largest absolute Gasteiger partial charge is 0.418 e. The normalized spacial score (nSPS) is 17.4. The number of rotatable bonds is 3. The van der Waals surface area contributed by atoms with Crippen LogP contribution in [0.4, 0.5) is 24.5 Å². The molecule has 0 aliphatic heterocycles. The van der Waals surface area contributed by atoms with Crippen molar-refractivity contribution in [1.82, 2.24) is 0 Å². The number of nitrogens with one attached hydrogen (secondary N) is 1. The van der Waals surface area contributed by atoms with E-state index in [1.165, 1.54) is 31.4 Å². The van der Waals surface area contributed by atoms with Crippen molar-refractivity contribution in [1.29, 1.82) is 0 Å². The Hall–Kier alpha value is -1.39. The van der Waals surface area contributed by atoms with Crippen LogP contribution in [0, 0.1) is 5.92 Å². The highest BCUT2D eigenvalue weighted by atomic mass is 19.4. The maximum atomic E-state index is 12.9. The summed E-state index contributed by atoms with van der Waals surface area (Å²) in [5, 5.41) is 2.94. The lowest BCUT2D eigenvalue weighted by atomic mass is 9.89. The maximum absolute atomic E-state index is 12.9. The van der Waals surface area contributed by atoms with Gasteiger partial charge in [-0.3, -0.25) is 0 Å². The molecule has 0 unspecified atom stereocenters. The van der Waals surface area contributed by atoms with Crippen molar-refractivity contribution in [3.05, 3.63) is 23.8 Å². The van der Waals surface area contributed by atoms with Crippen molar-refractivity contribution < 1.29 is 13.2 Å². The molecule has 0 bridgehead atoms. The molecule has 106 valence electrons. The molecule has 0 radical (unpaired) electrons. The number of hydrogen-bond acceptors (Lipinski definition) is 2. The monoisotopic (exact) mass is 272 g/mol. The van der Waals surface area contributed by atoms with Crippen LogP contribution in [0.15, 0.2) is 18.2 Å². The van der Waals surface area contributed by atoms with E-state index >= 15 is 0 Å². The molecule has 1 saturated carbocycles. The van der Waals surface area contributed by atoms with E-state index in [-0.39, 0.29) is 11.4 Å². The fourth-order valence-electron chi connectivity index (χ4n) is 2.60. The molecule has 0 spiro atoms. The fraction of sp³-hybridized carbons (Fsp3) is 0.571. The first kappa shape index (κ1) is 14.0. The quantitative estimate of drug-likeness (QED) is 0.806. The molecule has 1 aliphatic rings. The summed E-state index contributed by atoms with van der Waals surface area (Å²) in [6, 6.07) is 3.91. The Morgan fingerprint density at radius 2 is 1.84 bits per heavy atom. The molecule has 0 aromatic heterocycles. The van der Waals surface area contributed by atoms with Crippen LogP contribution in [-0.4, -0.2) is 6.54 Å². The Labute approximate surface area is 111 Å². The van der Waals surface area contributed by atoms with Gasteiger partial charge in [0.1, 0.15) is 0 Å². The van der Waals surface area contributed by atoms with Gasteiger partial charge in [-0.1, -0.05) is 19.3 Å². The molecule has 2 nitrogen and oxygen atoms in total. The van der Waals surface area contributed by atoms with Gasteiger partial charge < -0.3 is 11.1 Å². The molecular formula is C14H19F3N2. The third-order valence-electron chi connectivity index (χ3n) is 3.65. The van der Waals surface area contributed by atoms with Crippen LogP contribution >= 0.6 is 0 Å². The van der Waals surface area contributed by atoms with E-state index in [9.17, 15) is 13.2 Å². The minimum Gasteiger partial charge on any atom is -0.399 e. The Morgan fingerprint density at radius 1 is 1.16 bits per heavy atom. The lowest BCUT2D eigenvalue weighted by Crippen LogP contribution is -2.19. The smallest absolute Gasteiger partial charge is 0.399 e. The summed E-state index contributed by atoms with van der Waals surface area (Å²) in [4.78, 5) is 0. The zero-order valence-electron chi connectivity index (χ0n) is 10.8. The average Bonchev–Trinajstić information content (AvgIpc) is 2.37. The zero-order chi connectivity index (χ0) is 13.9. The predicted molar refractivity (Wildman–Crippen MR) is 70.9 cm³/mol. The van der Waals surface area contributed by atoms with Crippen molar-refractivity contribution in [2.45, 2.75) is 38.3 Å². The van der Waals surface area contributed by atoms with Gasteiger partial charge in [-0.15, -0.1) is 0 Å². The first-order valence-electron chi connectivity index (χ1n) is 6.67. The Morgan fingerprint density at radius 3 is 2.47 bits per heavy atom. The molecule has 0 heterocycles. The van der Waals surface area contributed by atoms with E-state index in [4.69, 9.17) is 5.73 Å². The molecule has 1 aromatic rings. The number of anilines is 2. The van der Waals surface area contributed by atoms with Crippen molar-refractivity contribution in [2.75, 3.05) is 17.6 Å². The molecule has 2 rings (SSSR count). The zero-order valence-corrected chi connectivity index (χ0v) is 10.8. The third kappa shape index (κ3) is 3.78. The van der Waals surface area contributed by atoms with Crippen LogP contribution in [-0.2, 0) is 6.18 Å². The Kier molecular flexibility index (Phi) is 4.22. The Bertz CT molecular complexity index is 423. The maximum Gasteiger partial charge on any atom is 0.418 e. The van der Waals surface area contributed by atoms with Crippen LogP contribution in [0.25, 0.3) is 0 Å². The van der Waals surface area contributed by atoms with Crippen molar-refractivity contribution in [3.8, 4) is 0 Å². The number of halogens is 3. The SMILES string of the molecule is Nc1ccc(NCC2CCCCC2)c(C(F)(F)F)c1. The highest BCUT2D eigenvalue weighted by Gasteiger charge is 2.33. The topological polar surface area (TPSA) is 38.0 Å². The highest BCUT2D eigenvalue weighted by molar-refractivity contribution is 5.59. The van der Waals surface area contributed by atoms with E-state index in [0.29, 0.717) is 12.5 Å². The molecule has 5 heteroatoms. The van der Waals surface area contributed by atoms with Gasteiger partial charge in [0.15, 0.2) is 0 Å². The van der Waals surface area contributed by atoms with E-state index < -0.39 is 11.7 Å². The number of nitrogen functional groups attached to an aromatic ring is 1. The van der Waals surface area contributed by atoms with E-state index in [0.717, 1.165) is 18.9 Å². The second-order valence-corrected chi connectivity index (χ2v) is 5.19. The summed E-state index contributed by atoms with van der Waals surface area (Å²) >= 11 is 0. The van der Waals surface area contributed by atoms with Crippen molar-refractivity contribution >= 4 is 11.4 Å². The summed E-state index contributed by atoms with van der Waals surface area (Å²) in [6.07, 6.45) is 1.43. The third-order valence-corrected chi connectivity index (χ3v) is 3.65. The summed E-state index contributed by atoms with van der Waals surface area (Å²) in [5.41, 5.74) is 5.02. The molecule has 3 N–H and O–H groups in total.